The quantitative estimate of drug-likeness (QED) is 0.856. The van der Waals surface area contributed by atoms with Crippen molar-refractivity contribution in [2.75, 3.05) is 43.1 Å². The van der Waals surface area contributed by atoms with Crippen molar-refractivity contribution >= 4 is 11.8 Å². The number of ether oxygens (including phenoxy) is 1. The maximum atomic E-state index is 5.32. The van der Waals surface area contributed by atoms with Crippen LogP contribution in [0.4, 0.5) is 11.8 Å². The molecule has 0 spiro atoms. The van der Waals surface area contributed by atoms with Crippen molar-refractivity contribution in [2.45, 2.75) is 13.8 Å². The Morgan fingerprint density at radius 3 is 2.88 bits per heavy atom. The van der Waals surface area contributed by atoms with Gasteiger partial charge >= 0.3 is 0 Å². The van der Waals surface area contributed by atoms with E-state index in [-0.39, 0.29) is 0 Å². The number of hydrogen-bond donors (Lipinski definition) is 1. The molecule has 0 radical (unpaired) electrons. The lowest BCUT2D eigenvalue weighted by Crippen LogP contribution is -2.37. The van der Waals surface area contributed by atoms with Crippen LogP contribution >= 0.6 is 0 Å². The molecule has 1 aliphatic heterocycles. The molecule has 17 heavy (non-hydrogen) atoms. The van der Waals surface area contributed by atoms with E-state index in [1.807, 2.05) is 6.07 Å². The zero-order chi connectivity index (χ0) is 12.1. The lowest BCUT2D eigenvalue weighted by Gasteiger charge is -2.26. The molecule has 0 unspecified atom stereocenters. The Kier molecular flexibility index (Phi) is 4.14. The normalized spacial score (nSPS) is 16.3. The van der Waals surface area contributed by atoms with Crippen LogP contribution in [0.5, 0.6) is 0 Å². The van der Waals surface area contributed by atoms with Crippen LogP contribution < -0.4 is 10.2 Å². The Morgan fingerprint density at radius 2 is 2.18 bits per heavy atom. The number of morpholine rings is 1. The Labute approximate surface area is 102 Å². The van der Waals surface area contributed by atoms with E-state index in [9.17, 15) is 0 Å². The highest BCUT2D eigenvalue weighted by atomic mass is 16.5. The highest BCUT2D eigenvalue weighted by molar-refractivity contribution is 5.41. The Balaban J connectivity index is 2.00. The zero-order valence-electron chi connectivity index (χ0n) is 10.5. The number of hydrogen-bond acceptors (Lipinski definition) is 5. The summed E-state index contributed by atoms with van der Waals surface area (Å²) in [6.07, 6.45) is 1.81. The molecule has 1 fully saturated rings. The summed E-state index contributed by atoms with van der Waals surface area (Å²) in [5, 5.41) is 3.31. The van der Waals surface area contributed by atoms with Gasteiger partial charge in [-0.05, 0) is 12.0 Å². The molecule has 0 atom stereocenters. The first-order valence-electron chi connectivity index (χ1n) is 6.15. The van der Waals surface area contributed by atoms with Gasteiger partial charge in [0, 0.05) is 25.8 Å². The molecule has 0 aliphatic carbocycles. The van der Waals surface area contributed by atoms with Crippen LogP contribution in [0.1, 0.15) is 13.8 Å². The first-order chi connectivity index (χ1) is 8.25. The molecule has 94 valence electrons. The minimum atomic E-state index is 0.608. The van der Waals surface area contributed by atoms with Gasteiger partial charge in [0.2, 0.25) is 5.95 Å². The molecule has 5 heteroatoms. The van der Waals surface area contributed by atoms with Gasteiger partial charge < -0.3 is 15.0 Å². The molecule has 0 bridgehead atoms. The molecule has 0 amide bonds. The molecular formula is C12H20N4O. The van der Waals surface area contributed by atoms with Crippen molar-refractivity contribution in [1.29, 1.82) is 0 Å². The van der Waals surface area contributed by atoms with E-state index in [1.54, 1.807) is 6.20 Å². The number of aromatic nitrogens is 2. The number of nitrogens with zero attached hydrogens (tertiary/aromatic N) is 3. The molecule has 1 aromatic rings. The maximum Gasteiger partial charge on any atom is 0.227 e. The summed E-state index contributed by atoms with van der Waals surface area (Å²) in [5.41, 5.74) is 0. The summed E-state index contributed by atoms with van der Waals surface area (Å²) in [7, 11) is 0. The summed E-state index contributed by atoms with van der Waals surface area (Å²) in [4.78, 5) is 11.0. The third-order valence-corrected chi connectivity index (χ3v) is 2.63. The summed E-state index contributed by atoms with van der Waals surface area (Å²) in [5.74, 6) is 2.30. The molecule has 0 aromatic carbocycles. The topological polar surface area (TPSA) is 50.3 Å². The lowest BCUT2D eigenvalue weighted by molar-refractivity contribution is 0.122. The number of rotatable bonds is 4. The molecule has 2 rings (SSSR count). The third kappa shape index (κ3) is 3.56. The zero-order valence-corrected chi connectivity index (χ0v) is 10.5. The Hall–Kier alpha value is -1.36. The van der Waals surface area contributed by atoms with Crippen LogP contribution in [0.3, 0.4) is 0 Å². The van der Waals surface area contributed by atoms with E-state index in [0.29, 0.717) is 5.92 Å². The van der Waals surface area contributed by atoms with Gasteiger partial charge in [-0.15, -0.1) is 0 Å². The lowest BCUT2D eigenvalue weighted by atomic mass is 10.2. The highest BCUT2D eigenvalue weighted by Crippen LogP contribution is 2.12. The van der Waals surface area contributed by atoms with Crippen molar-refractivity contribution in [2.24, 2.45) is 5.92 Å². The predicted molar refractivity (Wildman–Crippen MR) is 68.4 cm³/mol. The van der Waals surface area contributed by atoms with Crippen LogP contribution in [-0.2, 0) is 4.74 Å². The van der Waals surface area contributed by atoms with Gasteiger partial charge in [0.1, 0.15) is 5.82 Å². The average molecular weight is 236 g/mol. The standard InChI is InChI=1S/C12H20N4O/c1-10(2)9-14-11-3-4-13-12(15-11)16-5-7-17-8-6-16/h3-4,10H,5-9H2,1-2H3,(H,13,14,15). The number of nitrogens with one attached hydrogen (secondary N) is 1. The molecule has 1 N–H and O–H groups in total. The van der Waals surface area contributed by atoms with E-state index >= 15 is 0 Å². The van der Waals surface area contributed by atoms with Crippen LogP contribution in [0.2, 0.25) is 0 Å². The van der Waals surface area contributed by atoms with Crippen LogP contribution in [0.25, 0.3) is 0 Å². The van der Waals surface area contributed by atoms with E-state index in [1.165, 1.54) is 0 Å². The first kappa shape index (κ1) is 12.1. The van der Waals surface area contributed by atoms with Crippen LogP contribution in [-0.4, -0.2) is 42.8 Å². The van der Waals surface area contributed by atoms with E-state index in [0.717, 1.165) is 44.6 Å². The second kappa shape index (κ2) is 5.82. The van der Waals surface area contributed by atoms with Crippen molar-refractivity contribution in [3.8, 4) is 0 Å². The van der Waals surface area contributed by atoms with E-state index in [4.69, 9.17) is 4.74 Å². The van der Waals surface area contributed by atoms with Crippen LogP contribution in [0, 0.1) is 5.92 Å². The van der Waals surface area contributed by atoms with Gasteiger partial charge in [-0.3, -0.25) is 0 Å². The van der Waals surface area contributed by atoms with E-state index in [2.05, 4.69) is 34.0 Å². The Morgan fingerprint density at radius 1 is 1.41 bits per heavy atom. The highest BCUT2D eigenvalue weighted by Gasteiger charge is 2.13. The molecule has 0 saturated carbocycles. The summed E-state index contributed by atoms with van der Waals surface area (Å²) < 4.78 is 5.32. The second-order valence-electron chi connectivity index (χ2n) is 4.62. The molecular weight excluding hydrogens is 216 g/mol. The van der Waals surface area contributed by atoms with Crippen molar-refractivity contribution in [3.05, 3.63) is 12.3 Å². The predicted octanol–water partition coefficient (Wildman–Crippen LogP) is 1.38. The fourth-order valence-electron chi connectivity index (χ4n) is 1.67. The van der Waals surface area contributed by atoms with Gasteiger partial charge in [-0.1, -0.05) is 13.8 Å². The van der Waals surface area contributed by atoms with Gasteiger partial charge in [0.15, 0.2) is 0 Å². The minimum Gasteiger partial charge on any atom is -0.378 e. The Bertz CT molecular complexity index is 350. The first-order valence-corrected chi connectivity index (χ1v) is 6.15. The van der Waals surface area contributed by atoms with Gasteiger partial charge in [0.05, 0.1) is 13.2 Å². The van der Waals surface area contributed by atoms with Gasteiger partial charge in [0.25, 0.3) is 0 Å². The monoisotopic (exact) mass is 236 g/mol. The minimum absolute atomic E-state index is 0.608. The summed E-state index contributed by atoms with van der Waals surface area (Å²) >= 11 is 0. The average Bonchev–Trinajstić information content (AvgIpc) is 2.38. The molecule has 5 nitrogen and oxygen atoms in total. The SMILES string of the molecule is CC(C)CNc1ccnc(N2CCOCC2)n1. The molecule has 2 heterocycles. The molecule has 1 saturated heterocycles. The van der Waals surface area contributed by atoms with Gasteiger partial charge in [-0.25, -0.2) is 4.98 Å². The van der Waals surface area contributed by atoms with E-state index < -0.39 is 0 Å². The molecule has 1 aromatic heterocycles. The number of anilines is 2. The van der Waals surface area contributed by atoms with Crippen molar-refractivity contribution in [3.63, 3.8) is 0 Å². The fraction of sp³-hybridized carbons (Fsp3) is 0.667. The summed E-state index contributed by atoms with van der Waals surface area (Å²) in [6, 6.07) is 1.91. The smallest absolute Gasteiger partial charge is 0.227 e. The second-order valence-corrected chi connectivity index (χ2v) is 4.62. The fourth-order valence-corrected chi connectivity index (χ4v) is 1.67. The van der Waals surface area contributed by atoms with Crippen LogP contribution in [0.15, 0.2) is 12.3 Å². The largest absolute Gasteiger partial charge is 0.378 e. The maximum absolute atomic E-state index is 5.32. The van der Waals surface area contributed by atoms with Crippen molar-refractivity contribution in [1.82, 2.24) is 9.97 Å². The third-order valence-electron chi connectivity index (χ3n) is 2.63. The molecule has 1 aliphatic rings. The van der Waals surface area contributed by atoms with Crippen molar-refractivity contribution < 1.29 is 4.74 Å². The summed E-state index contributed by atoms with van der Waals surface area (Å²) in [6.45, 7) is 8.54. The van der Waals surface area contributed by atoms with Gasteiger partial charge in [-0.2, -0.15) is 4.98 Å².